The van der Waals surface area contributed by atoms with Gasteiger partial charge in [-0.05, 0) is 18.8 Å². The molecule has 0 aromatic heterocycles. The maximum Gasteiger partial charge on any atom is 0.318 e. The van der Waals surface area contributed by atoms with Crippen LogP contribution in [0.4, 0.5) is 4.79 Å². The first-order valence-electron chi connectivity index (χ1n) is 8.87. The van der Waals surface area contributed by atoms with Crippen LogP contribution in [0.5, 0.6) is 0 Å². The summed E-state index contributed by atoms with van der Waals surface area (Å²) in [5, 5.41) is 2.96. The first-order valence-corrected chi connectivity index (χ1v) is 8.87. The van der Waals surface area contributed by atoms with E-state index in [0.29, 0.717) is 26.3 Å². The molecule has 1 rings (SSSR count). The molecule has 0 radical (unpaired) electrons. The Hall–Kier alpha value is -1.34. The van der Waals surface area contributed by atoms with E-state index >= 15 is 0 Å². The van der Waals surface area contributed by atoms with Crippen LogP contribution < -0.4 is 5.32 Å². The Morgan fingerprint density at radius 3 is 2.12 bits per heavy atom. The van der Waals surface area contributed by atoms with E-state index in [-0.39, 0.29) is 17.9 Å². The molecular formula is C17H33N3O4. The number of methoxy groups -OCH3 is 2. The summed E-state index contributed by atoms with van der Waals surface area (Å²) in [5.74, 6) is 0.00244. The highest BCUT2D eigenvalue weighted by Crippen LogP contribution is 2.14. The van der Waals surface area contributed by atoms with Gasteiger partial charge in [0.25, 0.3) is 0 Å². The van der Waals surface area contributed by atoms with Gasteiger partial charge in [-0.3, -0.25) is 4.79 Å². The molecule has 1 N–H and O–H groups in total. The molecule has 1 aliphatic heterocycles. The van der Waals surface area contributed by atoms with Crippen LogP contribution in [-0.4, -0.2) is 81.4 Å². The predicted molar refractivity (Wildman–Crippen MR) is 92.9 cm³/mol. The number of hydrogen-bond acceptors (Lipinski definition) is 4. The number of urea groups is 1. The molecule has 140 valence electrons. The molecule has 0 aromatic rings. The third-order valence-corrected chi connectivity index (χ3v) is 4.59. The summed E-state index contributed by atoms with van der Waals surface area (Å²) in [6, 6.07) is -0.651. The lowest BCUT2D eigenvalue weighted by molar-refractivity contribution is -0.135. The summed E-state index contributed by atoms with van der Waals surface area (Å²) >= 11 is 0. The molecule has 1 fully saturated rings. The van der Waals surface area contributed by atoms with Crippen molar-refractivity contribution in [3.63, 3.8) is 0 Å². The summed E-state index contributed by atoms with van der Waals surface area (Å²) < 4.78 is 10.2. The van der Waals surface area contributed by atoms with Crippen molar-refractivity contribution >= 4 is 11.9 Å². The summed E-state index contributed by atoms with van der Waals surface area (Å²) in [6.45, 7) is 7.47. The average Bonchev–Trinajstić information content (AvgIpc) is 3.13. The van der Waals surface area contributed by atoms with Crippen LogP contribution in [0.2, 0.25) is 0 Å². The van der Waals surface area contributed by atoms with E-state index < -0.39 is 6.04 Å². The molecule has 1 heterocycles. The number of nitrogens with one attached hydrogen (secondary N) is 1. The summed E-state index contributed by atoms with van der Waals surface area (Å²) in [4.78, 5) is 28.9. The second kappa shape index (κ2) is 11.3. The van der Waals surface area contributed by atoms with Crippen LogP contribution in [0.25, 0.3) is 0 Å². The third kappa shape index (κ3) is 6.28. The van der Waals surface area contributed by atoms with E-state index in [1.54, 1.807) is 24.0 Å². The van der Waals surface area contributed by atoms with Crippen molar-refractivity contribution < 1.29 is 19.1 Å². The topological polar surface area (TPSA) is 71.1 Å². The predicted octanol–water partition coefficient (Wildman–Crippen LogP) is 1.33. The van der Waals surface area contributed by atoms with E-state index in [4.69, 9.17) is 9.47 Å². The first kappa shape index (κ1) is 20.7. The largest absolute Gasteiger partial charge is 0.383 e. The Bertz CT molecular complexity index is 378. The molecule has 1 aliphatic rings. The lowest BCUT2D eigenvalue weighted by atomic mass is 9.98. The molecule has 0 aliphatic carbocycles. The monoisotopic (exact) mass is 343 g/mol. The lowest BCUT2D eigenvalue weighted by Crippen LogP contribution is -2.55. The van der Waals surface area contributed by atoms with Gasteiger partial charge in [-0.2, -0.15) is 0 Å². The van der Waals surface area contributed by atoms with Crippen molar-refractivity contribution in [2.45, 2.75) is 39.2 Å². The van der Waals surface area contributed by atoms with E-state index in [1.165, 1.54) is 0 Å². The number of rotatable bonds is 10. The van der Waals surface area contributed by atoms with Crippen LogP contribution in [0.1, 0.15) is 33.1 Å². The molecule has 1 saturated heterocycles. The van der Waals surface area contributed by atoms with Crippen LogP contribution in [0.3, 0.4) is 0 Å². The van der Waals surface area contributed by atoms with Crippen molar-refractivity contribution in [3.05, 3.63) is 0 Å². The normalized spacial score (nSPS) is 16.8. The standard InChI is InChI=1S/C17H33N3O4/c1-5-14(2)15(18-17(22)20-8-6-7-9-20)16(21)19(10-12-23-3)11-13-24-4/h14-15H,5-13H2,1-4H3,(H,18,22)/t14-,15+/m1/s1. The fraction of sp³-hybridized carbons (Fsp3) is 0.882. The quantitative estimate of drug-likeness (QED) is 0.650. The Morgan fingerprint density at radius 2 is 1.67 bits per heavy atom. The van der Waals surface area contributed by atoms with Crippen molar-refractivity contribution in [2.75, 3.05) is 53.6 Å². The summed E-state index contributed by atoms with van der Waals surface area (Å²) in [5.41, 5.74) is 0. The van der Waals surface area contributed by atoms with Gasteiger partial charge in [0.05, 0.1) is 13.2 Å². The number of ether oxygens (including phenoxy) is 2. The highest BCUT2D eigenvalue weighted by molar-refractivity contribution is 5.87. The van der Waals surface area contributed by atoms with Crippen LogP contribution >= 0.6 is 0 Å². The number of nitrogens with zero attached hydrogens (tertiary/aromatic N) is 2. The smallest absolute Gasteiger partial charge is 0.318 e. The molecule has 24 heavy (non-hydrogen) atoms. The fourth-order valence-electron chi connectivity index (χ4n) is 2.76. The van der Waals surface area contributed by atoms with Gasteiger partial charge in [0.15, 0.2) is 0 Å². The van der Waals surface area contributed by atoms with Gasteiger partial charge in [-0.25, -0.2) is 4.79 Å². The van der Waals surface area contributed by atoms with Crippen molar-refractivity contribution in [3.8, 4) is 0 Å². The SMILES string of the molecule is CC[C@@H](C)[C@H](NC(=O)N1CCCC1)C(=O)N(CCOC)CCOC. The molecule has 2 atom stereocenters. The van der Waals surface area contributed by atoms with Crippen LogP contribution in [0.15, 0.2) is 0 Å². The minimum atomic E-state index is -0.517. The van der Waals surface area contributed by atoms with Gasteiger partial charge in [-0.15, -0.1) is 0 Å². The maximum absolute atomic E-state index is 13.0. The van der Waals surface area contributed by atoms with Crippen LogP contribution in [-0.2, 0) is 14.3 Å². The second-order valence-electron chi connectivity index (χ2n) is 6.32. The third-order valence-electron chi connectivity index (χ3n) is 4.59. The van der Waals surface area contributed by atoms with Crippen molar-refractivity contribution in [1.29, 1.82) is 0 Å². The Morgan fingerprint density at radius 1 is 1.12 bits per heavy atom. The Balaban J connectivity index is 2.77. The summed E-state index contributed by atoms with van der Waals surface area (Å²) in [6.07, 6.45) is 2.88. The molecule has 0 spiro atoms. The molecule has 0 bridgehead atoms. The van der Waals surface area contributed by atoms with Crippen molar-refractivity contribution in [1.82, 2.24) is 15.1 Å². The first-order chi connectivity index (χ1) is 11.5. The zero-order valence-corrected chi connectivity index (χ0v) is 15.5. The van der Waals surface area contributed by atoms with E-state index in [9.17, 15) is 9.59 Å². The lowest BCUT2D eigenvalue weighted by Gasteiger charge is -2.31. The molecule has 0 unspecified atom stereocenters. The maximum atomic E-state index is 13.0. The number of amides is 3. The Labute approximate surface area is 145 Å². The summed E-state index contributed by atoms with van der Waals surface area (Å²) in [7, 11) is 3.22. The fourth-order valence-corrected chi connectivity index (χ4v) is 2.76. The van der Waals surface area contributed by atoms with E-state index in [1.807, 2.05) is 13.8 Å². The number of hydrogen-bond donors (Lipinski definition) is 1. The molecule has 7 heteroatoms. The van der Waals surface area contributed by atoms with Gasteiger partial charge in [-0.1, -0.05) is 20.3 Å². The highest BCUT2D eigenvalue weighted by atomic mass is 16.5. The zero-order chi connectivity index (χ0) is 17.9. The number of likely N-dealkylation sites (tertiary alicyclic amines) is 1. The molecular weight excluding hydrogens is 310 g/mol. The zero-order valence-electron chi connectivity index (χ0n) is 15.5. The van der Waals surface area contributed by atoms with Gasteiger partial charge in [0.2, 0.25) is 5.91 Å². The second-order valence-corrected chi connectivity index (χ2v) is 6.32. The van der Waals surface area contributed by atoms with Gasteiger partial charge in [0.1, 0.15) is 6.04 Å². The van der Waals surface area contributed by atoms with Crippen molar-refractivity contribution in [2.24, 2.45) is 5.92 Å². The molecule has 0 saturated carbocycles. The van der Waals surface area contributed by atoms with E-state index in [0.717, 1.165) is 32.4 Å². The van der Waals surface area contributed by atoms with Gasteiger partial charge in [0, 0.05) is 40.4 Å². The average molecular weight is 343 g/mol. The number of carbonyl (C=O) groups is 2. The highest BCUT2D eigenvalue weighted by Gasteiger charge is 2.31. The molecule has 3 amide bonds. The molecule has 0 aromatic carbocycles. The minimum Gasteiger partial charge on any atom is -0.383 e. The van der Waals surface area contributed by atoms with E-state index in [2.05, 4.69) is 5.32 Å². The van der Waals surface area contributed by atoms with Crippen LogP contribution in [0, 0.1) is 5.92 Å². The molecule has 7 nitrogen and oxygen atoms in total. The minimum absolute atomic E-state index is 0.0639. The Kier molecular flexibility index (Phi) is 9.71. The van der Waals surface area contributed by atoms with Gasteiger partial charge < -0.3 is 24.6 Å². The van der Waals surface area contributed by atoms with Gasteiger partial charge >= 0.3 is 6.03 Å². The number of carbonyl (C=O) groups excluding carboxylic acids is 2.